The molecule has 1 nitrogen and oxygen atoms in total. The van der Waals surface area contributed by atoms with E-state index in [2.05, 4.69) is 5.32 Å². The average molecular weight is 259 g/mol. The molecular weight excluding hydrogens is 239 g/mol. The number of benzene rings is 1. The van der Waals surface area contributed by atoms with Crippen molar-refractivity contribution < 1.29 is 13.2 Å². The molecule has 0 aliphatic heterocycles. The van der Waals surface area contributed by atoms with Crippen LogP contribution in [0.3, 0.4) is 0 Å². The molecule has 1 N–H and O–H groups in total. The average Bonchev–Trinajstić information content (AvgIpc) is 2.27. The van der Waals surface area contributed by atoms with Crippen LogP contribution in [0.2, 0.25) is 0 Å². The molecule has 1 atom stereocenters. The van der Waals surface area contributed by atoms with Crippen LogP contribution in [-0.2, 0) is 0 Å². The molecule has 0 bridgehead atoms. The summed E-state index contributed by atoms with van der Waals surface area (Å²) in [6.45, 7) is 4.71. The first-order chi connectivity index (χ1) is 8.44. The number of alkyl halides is 3. The van der Waals surface area contributed by atoms with E-state index in [4.69, 9.17) is 0 Å². The summed E-state index contributed by atoms with van der Waals surface area (Å²) in [7, 11) is 0. The van der Waals surface area contributed by atoms with Gasteiger partial charge in [0, 0.05) is 12.5 Å². The monoisotopic (exact) mass is 259 g/mol. The minimum atomic E-state index is -4.05. The molecule has 18 heavy (non-hydrogen) atoms. The maximum atomic E-state index is 12.2. The van der Waals surface area contributed by atoms with E-state index in [0.717, 1.165) is 17.7 Å². The summed E-state index contributed by atoms with van der Waals surface area (Å²) in [5, 5.41) is 3.26. The summed E-state index contributed by atoms with van der Waals surface area (Å²) in [6.07, 6.45) is -4.09. The zero-order valence-electron chi connectivity index (χ0n) is 10.8. The van der Waals surface area contributed by atoms with Gasteiger partial charge in [0.15, 0.2) is 0 Å². The lowest BCUT2D eigenvalue weighted by atomic mass is 9.97. The normalized spacial score (nSPS) is 13.6. The first kappa shape index (κ1) is 15.0. The van der Waals surface area contributed by atoms with E-state index in [1.165, 1.54) is 0 Å². The summed E-state index contributed by atoms with van der Waals surface area (Å²) in [4.78, 5) is 0. The summed E-state index contributed by atoms with van der Waals surface area (Å²) < 4.78 is 36.5. The number of halogens is 3. The van der Waals surface area contributed by atoms with Crippen molar-refractivity contribution in [3.63, 3.8) is 0 Å². The molecule has 1 aromatic carbocycles. The van der Waals surface area contributed by atoms with Crippen LogP contribution < -0.4 is 5.32 Å². The van der Waals surface area contributed by atoms with Gasteiger partial charge in [0.2, 0.25) is 0 Å². The first-order valence-corrected chi connectivity index (χ1v) is 6.29. The minimum Gasteiger partial charge on any atom is -0.310 e. The molecule has 1 unspecified atom stereocenters. The Morgan fingerprint density at radius 1 is 1.22 bits per heavy atom. The molecule has 1 rings (SSSR count). The van der Waals surface area contributed by atoms with Crippen molar-refractivity contribution in [1.82, 2.24) is 5.32 Å². The number of aryl methyl sites for hydroxylation is 1. The number of hydrogen-bond donors (Lipinski definition) is 1. The van der Waals surface area contributed by atoms with Gasteiger partial charge in [-0.2, -0.15) is 13.2 Å². The van der Waals surface area contributed by atoms with Crippen molar-refractivity contribution in [2.75, 3.05) is 6.54 Å². The molecule has 102 valence electrons. The van der Waals surface area contributed by atoms with Crippen LogP contribution in [0, 0.1) is 6.92 Å². The highest BCUT2D eigenvalue weighted by Crippen LogP contribution is 2.27. The Kier molecular flexibility index (Phi) is 5.66. The van der Waals surface area contributed by atoms with Gasteiger partial charge in [0.1, 0.15) is 0 Å². The fourth-order valence-electron chi connectivity index (χ4n) is 2.10. The molecule has 0 saturated carbocycles. The van der Waals surface area contributed by atoms with Crippen LogP contribution in [0.15, 0.2) is 24.3 Å². The lowest BCUT2D eigenvalue weighted by molar-refractivity contribution is -0.135. The molecular formula is C14H20F3N. The molecule has 4 heteroatoms. The van der Waals surface area contributed by atoms with Crippen molar-refractivity contribution in [3.05, 3.63) is 35.4 Å². The maximum Gasteiger partial charge on any atom is 0.389 e. The molecule has 0 spiro atoms. The van der Waals surface area contributed by atoms with Gasteiger partial charge < -0.3 is 5.32 Å². The van der Waals surface area contributed by atoms with Crippen LogP contribution >= 0.6 is 0 Å². The molecule has 0 fully saturated rings. The van der Waals surface area contributed by atoms with Gasteiger partial charge in [0.05, 0.1) is 0 Å². The van der Waals surface area contributed by atoms with Gasteiger partial charge in [-0.25, -0.2) is 0 Å². The fourth-order valence-corrected chi connectivity index (χ4v) is 2.10. The number of hydrogen-bond acceptors (Lipinski definition) is 1. The molecule has 1 aromatic rings. The minimum absolute atomic E-state index is 0.0125. The van der Waals surface area contributed by atoms with Crippen LogP contribution in [0.1, 0.15) is 43.4 Å². The second-order valence-electron chi connectivity index (χ2n) is 4.47. The van der Waals surface area contributed by atoms with Gasteiger partial charge in [-0.05, 0) is 37.4 Å². The van der Waals surface area contributed by atoms with Gasteiger partial charge >= 0.3 is 6.18 Å². The highest BCUT2D eigenvalue weighted by molar-refractivity contribution is 5.28. The second kappa shape index (κ2) is 6.78. The van der Waals surface area contributed by atoms with E-state index in [1.54, 1.807) is 0 Å². The van der Waals surface area contributed by atoms with Crippen molar-refractivity contribution in [2.24, 2.45) is 0 Å². The van der Waals surface area contributed by atoms with Gasteiger partial charge in [0.25, 0.3) is 0 Å². The highest BCUT2D eigenvalue weighted by atomic mass is 19.4. The summed E-state index contributed by atoms with van der Waals surface area (Å²) in [6, 6.07) is 7.85. The Balaban J connectivity index is 2.63. The molecule has 0 heterocycles. The summed E-state index contributed by atoms with van der Waals surface area (Å²) in [5.41, 5.74) is 2.22. The summed E-state index contributed by atoms with van der Waals surface area (Å²) >= 11 is 0. The third-order valence-corrected chi connectivity index (χ3v) is 2.97. The van der Waals surface area contributed by atoms with Crippen LogP contribution in [0.25, 0.3) is 0 Å². The van der Waals surface area contributed by atoms with E-state index >= 15 is 0 Å². The molecule has 0 aliphatic carbocycles. The summed E-state index contributed by atoms with van der Waals surface area (Å²) in [5.74, 6) is 0. The number of nitrogens with one attached hydrogen (secondary N) is 1. The van der Waals surface area contributed by atoms with Gasteiger partial charge in [-0.15, -0.1) is 0 Å². The maximum absolute atomic E-state index is 12.2. The Hall–Kier alpha value is -1.03. The standard InChI is InChI=1S/C14H20F3N/c1-3-18-13(9-6-10-14(15,16)17)12-8-5-4-7-11(12)2/h4-5,7-8,13,18H,3,6,9-10H2,1-2H3. The van der Waals surface area contributed by atoms with Crippen molar-refractivity contribution in [1.29, 1.82) is 0 Å². The predicted molar refractivity (Wildman–Crippen MR) is 67.5 cm³/mol. The predicted octanol–water partition coefficient (Wildman–Crippen LogP) is 4.38. The van der Waals surface area contributed by atoms with Crippen molar-refractivity contribution in [2.45, 2.75) is 45.3 Å². The van der Waals surface area contributed by atoms with E-state index < -0.39 is 12.6 Å². The lowest BCUT2D eigenvalue weighted by Crippen LogP contribution is -2.22. The molecule has 0 aliphatic rings. The van der Waals surface area contributed by atoms with Gasteiger partial charge in [-0.3, -0.25) is 0 Å². The largest absolute Gasteiger partial charge is 0.389 e. The second-order valence-corrected chi connectivity index (χ2v) is 4.47. The van der Waals surface area contributed by atoms with Crippen LogP contribution in [0.5, 0.6) is 0 Å². The molecule has 0 amide bonds. The SMILES string of the molecule is CCNC(CCCC(F)(F)F)c1ccccc1C. The van der Waals surface area contributed by atoms with Crippen LogP contribution in [0.4, 0.5) is 13.2 Å². The van der Waals surface area contributed by atoms with E-state index in [9.17, 15) is 13.2 Å². The van der Waals surface area contributed by atoms with E-state index in [0.29, 0.717) is 6.42 Å². The number of rotatable bonds is 6. The Labute approximate surface area is 106 Å². The third kappa shape index (κ3) is 5.08. The highest BCUT2D eigenvalue weighted by Gasteiger charge is 2.26. The zero-order chi connectivity index (χ0) is 13.6. The quantitative estimate of drug-likeness (QED) is 0.799. The van der Waals surface area contributed by atoms with Crippen LogP contribution in [-0.4, -0.2) is 12.7 Å². The molecule has 0 aromatic heterocycles. The molecule has 0 radical (unpaired) electrons. The lowest BCUT2D eigenvalue weighted by Gasteiger charge is -2.20. The third-order valence-electron chi connectivity index (χ3n) is 2.97. The Morgan fingerprint density at radius 2 is 1.89 bits per heavy atom. The zero-order valence-corrected chi connectivity index (χ0v) is 10.8. The van der Waals surface area contributed by atoms with Crippen molar-refractivity contribution >= 4 is 0 Å². The van der Waals surface area contributed by atoms with E-state index in [-0.39, 0.29) is 12.5 Å². The van der Waals surface area contributed by atoms with Crippen molar-refractivity contribution in [3.8, 4) is 0 Å². The van der Waals surface area contributed by atoms with Gasteiger partial charge in [-0.1, -0.05) is 31.2 Å². The Bertz CT molecular complexity index is 360. The smallest absolute Gasteiger partial charge is 0.310 e. The first-order valence-electron chi connectivity index (χ1n) is 6.29. The Morgan fingerprint density at radius 3 is 2.44 bits per heavy atom. The topological polar surface area (TPSA) is 12.0 Å². The fraction of sp³-hybridized carbons (Fsp3) is 0.571. The van der Waals surface area contributed by atoms with E-state index in [1.807, 2.05) is 38.1 Å². The molecule has 0 saturated heterocycles.